The molecular formula is C16H23N. The molecule has 92 valence electrons. The normalized spacial score (nSPS) is 11.2. The van der Waals surface area contributed by atoms with Gasteiger partial charge in [-0.15, -0.1) is 0 Å². The van der Waals surface area contributed by atoms with Crippen LogP contribution in [0.5, 0.6) is 0 Å². The van der Waals surface area contributed by atoms with Crippen LogP contribution < -0.4 is 0 Å². The van der Waals surface area contributed by atoms with Gasteiger partial charge in [-0.2, -0.15) is 5.26 Å². The number of hydrogen-bond donors (Lipinski definition) is 0. The minimum absolute atomic E-state index is 0.217. The summed E-state index contributed by atoms with van der Waals surface area (Å²) in [6, 6.07) is 8.99. The summed E-state index contributed by atoms with van der Waals surface area (Å²) in [4.78, 5) is 0. The fraction of sp³-hybridized carbons (Fsp3) is 0.562. The molecule has 0 amide bonds. The number of hydrogen-bond acceptors (Lipinski definition) is 1. The molecule has 17 heavy (non-hydrogen) atoms. The molecule has 0 aliphatic rings. The standard InChI is InChI=1S/C16H23N/c1-13-9-10-15(16(2,3)4)12-14(13)8-6-5-7-11-17/h9-10,12H,5-8H2,1-4H3. The van der Waals surface area contributed by atoms with E-state index in [1.54, 1.807) is 0 Å². The molecule has 1 rings (SSSR count). The lowest BCUT2D eigenvalue weighted by Gasteiger charge is -2.20. The second kappa shape index (κ2) is 5.87. The van der Waals surface area contributed by atoms with Gasteiger partial charge in [0.05, 0.1) is 6.07 Å². The van der Waals surface area contributed by atoms with Gasteiger partial charge in [0.15, 0.2) is 0 Å². The van der Waals surface area contributed by atoms with E-state index in [0.717, 1.165) is 19.3 Å². The number of rotatable bonds is 4. The molecular weight excluding hydrogens is 206 g/mol. The van der Waals surface area contributed by atoms with E-state index in [-0.39, 0.29) is 5.41 Å². The Morgan fingerprint density at radius 1 is 1.18 bits per heavy atom. The van der Waals surface area contributed by atoms with Crippen LogP contribution in [0.4, 0.5) is 0 Å². The zero-order chi connectivity index (χ0) is 12.9. The smallest absolute Gasteiger partial charge is 0.0621 e. The second-order valence-corrected chi connectivity index (χ2v) is 5.76. The number of benzene rings is 1. The molecule has 0 atom stereocenters. The maximum atomic E-state index is 8.52. The molecule has 0 fully saturated rings. The summed E-state index contributed by atoms with van der Waals surface area (Å²) in [5.41, 5.74) is 4.43. The van der Waals surface area contributed by atoms with Gasteiger partial charge in [-0.25, -0.2) is 0 Å². The summed E-state index contributed by atoms with van der Waals surface area (Å²) < 4.78 is 0. The van der Waals surface area contributed by atoms with Gasteiger partial charge in [0, 0.05) is 6.42 Å². The number of aryl methyl sites for hydroxylation is 2. The Morgan fingerprint density at radius 2 is 1.88 bits per heavy atom. The summed E-state index contributed by atoms with van der Waals surface area (Å²) in [6.07, 6.45) is 3.90. The van der Waals surface area contributed by atoms with Gasteiger partial charge in [0.25, 0.3) is 0 Å². The third kappa shape index (κ3) is 4.23. The van der Waals surface area contributed by atoms with E-state index >= 15 is 0 Å². The van der Waals surface area contributed by atoms with Crippen molar-refractivity contribution in [1.82, 2.24) is 0 Å². The predicted molar refractivity (Wildman–Crippen MR) is 73.0 cm³/mol. The van der Waals surface area contributed by atoms with Crippen LogP contribution in [0.1, 0.15) is 56.7 Å². The molecule has 0 radical (unpaired) electrons. The fourth-order valence-electron chi connectivity index (χ4n) is 1.93. The Balaban J connectivity index is 2.74. The third-order valence-corrected chi connectivity index (χ3v) is 3.20. The first-order valence-electron chi connectivity index (χ1n) is 6.42. The van der Waals surface area contributed by atoms with E-state index in [1.807, 2.05) is 0 Å². The lowest BCUT2D eigenvalue weighted by molar-refractivity contribution is 0.588. The molecule has 0 aromatic heterocycles. The summed E-state index contributed by atoms with van der Waals surface area (Å²) in [6.45, 7) is 8.91. The van der Waals surface area contributed by atoms with Gasteiger partial charge in [-0.05, 0) is 48.3 Å². The number of nitriles is 1. The van der Waals surface area contributed by atoms with Crippen molar-refractivity contribution in [2.75, 3.05) is 0 Å². The molecule has 1 heteroatoms. The van der Waals surface area contributed by atoms with Crippen molar-refractivity contribution in [1.29, 1.82) is 5.26 Å². The first-order chi connectivity index (χ1) is 7.95. The molecule has 0 unspecified atom stereocenters. The third-order valence-electron chi connectivity index (χ3n) is 3.20. The van der Waals surface area contributed by atoms with Crippen LogP contribution in [0, 0.1) is 18.3 Å². The van der Waals surface area contributed by atoms with Crippen molar-refractivity contribution in [3.8, 4) is 6.07 Å². The maximum absolute atomic E-state index is 8.52. The lowest BCUT2D eigenvalue weighted by atomic mass is 9.84. The Kier molecular flexibility index (Phi) is 4.75. The van der Waals surface area contributed by atoms with Crippen LogP contribution >= 0.6 is 0 Å². The minimum atomic E-state index is 0.217. The van der Waals surface area contributed by atoms with Crippen molar-refractivity contribution in [3.63, 3.8) is 0 Å². The molecule has 0 bridgehead atoms. The van der Waals surface area contributed by atoms with Gasteiger partial charge in [-0.1, -0.05) is 39.0 Å². The molecule has 1 aromatic carbocycles. The monoisotopic (exact) mass is 229 g/mol. The fourth-order valence-corrected chi connectivity index (χ4v) is 1.93. The largest absolute Gasteiger partial charge is 0.198 e. The van der Waals surface area contributed by atoms with E-state index in [0.29, 0.717) is 6.42 Å². The zero-order valence-electron chi connectivity index (χ0n) is 11.5. The van der Waals surface area contributed by atoms with Crippen molar-refractivity contribution >= 4 is 0 Å². The van der Waals surface area contributed by atoms with Gasteiger partial charge >= 0.3 is 0 Å². The summed E-state index contributed by atoms with van der Waals surface area (Å²) in [5.74, 6) is 0. The van der Waals surface area contributed by atoms with Gasteiger partial charge in [0.1, 0.15) is 0 Å². The van der Waals surface area contributed by atoms with Gasteiger partial charge in [-0.3, -0.25) is 0 Å². The summed E-state index contributed by atoms with van der Waals surface area (Å²) >= 11 is 0. The summed E-state index contributed by atoms with van der Waals surface area (Å²) in [7, 11) is 0. The predicted octanol–water partition coefficient (Wildman–Crippen LogP) is 4.53. The van der Waals surface area contributed by atoms with Crippen LogP contribution in [0.3, 0.4) is 0 Å². The van der Waals surface area contributed by atoms with Crippen LogP contribution in [-0.4, -0.2) is 0 Å². The Morgan fingerprint density at radius 3 is 2.47 bits per heavy atom. The quantitative estimate of drug-likeness (QED) is 0.696. The highest BCUT2D eigenvalue weighted by atomic mass is 14.2. The molecule has 0 N–H and O–H groups in total. The summed E-state index contributed by atoms with van der Waals surface area (Å²) in [5, 5.41) is 8.52. The van der Waals surface area contributed by atoms with Crippen molar-refractivity contribution in [2.24, 2.45) is 0 Å². The van der Waals surface area contributed by atoms with E-state index in [1.165, 1.54) is 16.7 Å². The zero-order valence-corrected chi connectivity index (χ0v) is 11.5. The Labute approximate surface area is 105 Å². The molecule has 1 aromatic rings. The molecule has 0 aliphatic heterocycles. The SMILES string of the molecule is Cc1ccc(C(C)(C)C)cc1CCCCC#N. The first kappa shape index (κ1) is 13.8. The number of unbranched alkanes of at least 4 members (excludes halogenated alkanes) is 2. The van der Waals surface area contributed by atoms with E-state index in [9.17, 15) is 0 Å². The Bertz CT molecular complexity index is 405. The van der Waals surface area contributed by atoms with Gasteiger partial charge in [0.2, 0.25) is 0 Å². The number of nitrogens with zero attached hydrogens (tertiary/aromatic N) is 1. The Hall–Kier alpha value is -1.29. The maximum Gasteiger partial charge on any atom is 0.0621 e. The highest BCUT2D eigenvalue weighted by Gasteiger charge is 2.14. The van der Waals surface area contributed by atoms with Crippen LogP contribution in [0.2, 0.25) is 0 Å². The molecule has 0 aliphatic carbocycles. The van der Waals surface area contributed by atoms with Crippen LogP contribution in [0.15, 0.2) is 18.2 Å². The average Bonchev–Trinajstić information content (AvgIpc) is 2.25. The molecule has 1 nitrogen and oxygen atoms in total. The topological polar surface area (TPSA) is 23.8 Å². The lowest BCUT2D eigenvalue weighted by Crippen LogP contribution is -2.11. The average molecular weight is 229 g/mol. The van der Waals surface area contributed by atoms with E-state index in [2.05, 4.69) is 52.0 Å². The minimum Gasteiger partial charge on any atom is -0.198 e. The van der Waals surface area contributed by atoms with Crippen molar-refractivity contribution < 1.29 is 0 Å². The van der Waals surface area contributed by atoms with Crippen LogP contribution in [0.25, 0.3) is 0 Å². The van der Waals surface area contributed by atoms with Crippen molar-refractivity contribution in [3.05, 3.63) is 34.9 Å². The molecule has 0 saturated carbocycles. The highest BCUT2D eigenvalue weighted by molar-refractivity contribution is 5.34. The van der Waals surface area contributed by atoms with Crippen molar-refractivity contribution in [2.45, 2.75) is 58.8 Å². The molecule has 0 saturated heterocycles. The molecule has 0 heterocycles. The second-order valence-electron chi connectivity index (χ2n) is 5.76. The first-order valence-corrected chi connectivity index (χ1v) is 6.42. The van der Waals surface area contributed by atoms with E-state index < -0.39 is 0 Å². The van der Waals surface area contributed by atoms with E-state index in [4.69, 9.17) is 5.26 Å². The van der Waals surface area contributed by atoms with Crippen LogP contribution in [-0.2, 0) is 11.8 Å². The van der Waals surface area contributed by atoms with Gasteiger partial charge < -0.3 is 0 Å². The molecule has 0 spiro atoms. The highest BCUT2D eigenvalue weighted by Crippen LogP contribution is 2.25.